The van der Waals surface area contributed by atoms with E-state index in [1.807, 2.05) is 41.5 Å². The van der Waals surface area contributed by atoms with Gasteiger partial charge in [0, 0.05) is 10.8 Å². The molecule has 1 fully saturated rings. The van der Waals surface area contributed by atoms with Crippen molar-refractivity contribution in [2.75, 3.05) is 0 Å². The summed E-state index contributed by atoms with van der Waals surface area (Å²) in [5.74, 6) is -2.23. The predicted molar refractivity (Wildman–Crippen MR) is 58.4 cm³/mol. The average molecular weight is 228 g/mol. The van der Waals surface area contributed by atoms with E-state index in [1.54, 1.807) is 0 Å². The fourth-order valence-electron chi connectivity index (χ4n) is 2.27. The zero-order valence-corrected chi connectivity index (χ0v) is 10.8. The van der Waals surface area contributed by atoms with E-state index in [0.29, 0.717) is 0 Å². The van der Waals surface area contributed by atoms with Gasteiger partial charge in [-0.05, 0) is 0 Å². The summed E-state index contributed by atoms with van der Waals surface area (Å²) in [6, 6.07) is 0. The van der Waals surface area contributed by atoms with Crippen LogP contribution in [0.4, 0.5) is 0 Å². The van der Waals surface area contributed by atoms with Gasteiger partial charge in [-0.25, -0.2) is 0 Å². The molecule has 0 spiro atoms. The van der Waals surface area contributed by atoms with Gasteiger partial charge in [-0.15, -0.1) is 0 Å². The molecule has 1 aliphatic heterocycles. The topological polar surface area (TPSA) is 52.6 Å². The highest BCUT2D eigenvalue weighted by molar-refractivity contribution is 5.93. The smallest absolute Gasteiger partial charge is 0.320 e. The number of carbonyl (C=O) groups excluding carboxylic acids is 2. The maximum atomic E-state index is 11.5. The molecule has 0 amide bonds. The van der Waals surface area contributed by atoms with Crippen molar-refractivity contribution < 1.29 is 19.1 Å². The molecular weight excluding hydrogens is 208 g/mol. The molecule has 1 heterocycles. The van der Waals surface area contributed by atoms with Crippen molar-refractivity contribution in [2.24, 2.45) is 10.8 Å². The normalized spacial score (nSPS) is 21.4. The van der Waals surface area contributed by atoms with Crippen molar-refractivity contribution in [1.29, 1.82) is 0 Å². The Bertz CT molecular complexity index is 285. The van der Waals surface area contributed by atoms with Crippen molar-refractivity contribution in [2.45, 2.75) is 53.8 Å². The molecule has 0 aromatic heterocycles. The third kappa shape index (κ3) is 1.93. The Kier molecular flexibility index (Phi) is 2.82. The van der Waals surface area contributed by atoms with Crippen molar-refractivity contribution in [3.63, 3.8) is 0 Å². The molecule has 16 heavy (non-hydrogen) atoms. The van der Waals surface area contributed by atoms with Gasteiger partial charge in [0.15, 0.2) is 0 Å². The first-order valence-corrected chi connectivity index (χ1v) is 5.43. The number of carbonyl (C=O) groups is 2. The summed E-state index contributed by atoms with van der Waals surface area (Å²) in [5, 5.41) is 0. The van der Waals surface area contributed by atoms with Crippen LogP contribution in [0.25, 0.3) is 0 Å². The molecule has 0 saturated carbocycles. The Morgan fingerprint density at radius 3 is 1.44 bits per heavy atom. The zero-order chi connectivity index (χ0) is 12.8. The fraction of sp³-hybridized carbons (Fsp3) is 0.833. The van der Waals surface area contributed by atoms with Crippen molar-refractivity contribution in [3.05, 3.63) is 0 Å². The highest BCUT2D eigenvalue weighted by Gasteiger charge is 2.59. The summed E-state index contributed by atoms with van der Waals surface area (Å²) in [7, 11) is 0. The maximum absolute atomic E-state index is 11.5. The van der Waals surface area contributed by atoms with E-state index >= 15 is 0 Å². The van der Waals surface area contributed by atoms with Crippen LogP contribution in [0, 0.1) is 10.8 Å². The largest absolute Gasteiger partial charge is 0.421 e. The van der Waals surface area contributed by atoms with Gasteiger partial charge in [0.25, 0.3) is 5.79 Å². The molecule has 0 unspecified atom stereocenters. The second-order valence-electron chi connectivity index (χ2n) is 6.24. The van der Waals surface area contributed by atoms with Gasteiger partial charge < -0.3 is 9.47 Å². The van der Waals surface area contributed by atoms with Gasteiger partial charge in [0.2, 0.25) is 0 Å². The summed E-state index contributed by atoms with van der Waals surface area (Å²) in [5.41, 5.74) is -0.950. The average Bonchev–Trinajstić information content (AvgIpc) is 1.97. The monoisotopic (exact) mass is 228 g/mol. The first-order valence-electron chi connectivity index (χ1n) is 5.43. The number of rotatable bonds is 0. The van der Waals surface area contributed by atoms with E-state index < -0.39 is 28.6 Å². The number of cyclic esters (lactones) is 2. The lowest BCUT2D eigenvalue weighted by Gasteiger charge is -2.51. The molecule has 0 bridgehead atoms. The van der Waals surface area contributed by atoms with Crippen LogP contribution in [0.2, 0.25) is 0 Å². The highest BCUT2D eigenvalue weighted by Crippen LogP contribution is 2.49. The minimum Gasteiger partial charge on any atom is -0.421 e. The second kappa shape index (κ2) is 3.47. The zero-order valence-electron chi connectivity index (χ0n) is 10.8. The van der Waals surface area contributed by atoms with Gasteiger partial charge in [-0.3, -0.25) is 9.59 Å². The van der Waals surface area contributed by atoms with Crippen LogP contribution < -0.4 is 0 Å². The molecule has 0 aromatic rings. The summed E-state index contributed by atoms with van der Waals surface area (Å²) < 4.78 is 10.8. The molecule has 4 heteroatoms. The molecule has 1 rings (SSSR count). The van der Waals surface area contributed by atoms with E-state index in [1.165, 1.54) is 0 Å². The lowest BCUT2D eigenvalue weighted by atomic mass is 9.70. The SMILES string of the molecule is CC(C)(C)C1(C(C)(C)C)OC(=O)CC(=O)O1. The lowest BCUT2D eigenvalue weighted by molar-refractivity contribution is -0.316. The number of ether oxygens (including phenoxy) is 2. The van der Waals surface area contributed by atoms with Gasteiger partial charge in [0.1, 0.15) is 6.42 Å². The van der Waals surface area contributed by atoms with Crippen molar-refractivity contribution in [1.82, 2.24) is 0 Å². The second-order valence-corrected chi connectivity index (χ2v) is 6.24. The third-order valence-corrected chi connectivity index (χ3v) is 2.78. The molecule has 1 saturated heterocycles. The Morgan fingerprint density at radius 1 is 0.875 bits per heavy atom. The molecule has 0 N–H and O–H groups in total. The lowest BCUT2D eigenvalue weighted by Crippen LogP contribution is -2.61. The molecule has 4 nitrogen and oxygen atoms in total. The minimum atomic E-state index is -1.20. The van der Waals surface area contributed by atoms with Crippen LogP contribution in [-0.4, -0.2) is 17.7 Å². The Morgan fingerprint density at radius 2 is 1.19 bits per heavy atom. The van der Waals surface area contributed by atoms with Crippen LogP contribution in [0.1, 0.15) is 48.0 Å². The number of hydrogen-bond acceptors (Lipinski definition) is 4. The molecule has 92 valence electrons. The van der Waals surface area contributed by atoms with E-state index in [0.717, 1.165) is 0 Å². The quantitative estimate of drug-likeness (QED) is 0.471. The van der Waals surface area contributed by atoms with Gasteiger partial charge >= 0.3 is 11.9 Å². The van der Waals surface area contributed by atoms with Crippen molar-refractivity contribution >= 4 is 11.9 Å². The van der Waals surface area contributed by atoms with E-state index in [4.69, 9.17) is 9.47 Å². The predicted octanol–water partition coefficient (Wildman–Crippen LogP) is 2.27. The third-order valence-electron chi connectivity index (χ3n) is 2.78. The first-order chi connectivity index (χ1) is 6.99. The minimum absolute atomic E-state index is 0.298. The van der Waals surface area contributed by atoms with E-state index in [9.17, 15) is 9.59 Å². The van der Waals surface area contributed by atoms with E-state index in [-0.39, 0.29) is 6.42 Å². The van der Waals surface area contributed by atoms with Gasteiger partial charge in [0.05, 0.1) is 0 Å². The Labute approximate surface area is 96.3 Å². The molecule has 0 atom stereocenters. The summed E-state index contributed by atoms with van der Waals surface area (Å²) >= 11 is 0. The molecular formula is C12H20O4. The van der Waals surface area contributed by atoms with Crippen LogP contribution in [0.3, 0.4) is 0 Å². The standard InChI is InChI=1S/C12H20O4/c1-10(2,3)12(11(4,5)6)15-8(13)7-9(14)16-12/h7H2,1-6H3. The van der Waals surface area contributed by atoms with Crippen molar-refractivity contribution in [3.8, 4) is 0 Å². The highest BCUT2D eigenvalue weighted by atomic mass is 16.7. The Hall–Kier alpha value is -1.06. The fourth-order valence-corrected chi connectivity index (χ4v) is 2.27. The van der Waals surface area contributed by atoms with Crippen LogP contribution >= 0.6 is 0 Å². The summed E-state index contributed by atoms with van der Waals surface area (Å²) in [6.07, 6.45) is -0.298. The molecule has 0 radical (unpaired) electrons. The van der Waals surface area contributed by atoms with Gasteiger partial charge in [-0.1, -0.05) is 41.5 Å². The summed E-state index contributed by atoms with van der Waals surface area (Å²) in [4.78, 5) is 22.9. The van der Waals surface area contributed by atoms with Crippen LogP contribution in [0.5, 0.6) is 0 Å². The first kappa shape index (κ1) is 13.0. The van der Waals surface area contributed by atoms with E-state index in [2.05, 4.69) is 0 Å². The maximum Gasteiger partial charge on any atom is 0.320 e. The van der Waals surface area contributed by atoms with Gasteiger partial charge in [-0.2, -0.15) is 0 Å². The molecule has 1 aliphatic rings. The Balaban J connectivity index is 3.25. The molecule has 0 aromatic carbocycles. The molecule has 0 aliphatic carbocycles. The summed E-state index contributed by atoms with van der Waals surface area (Å²) in [6.45, 7) is 11.4. The van der Waals surface area contributed by atoms with Crippen LogP contribution in [0.15, 0.2) is 0 Å². The number of hydrogen-bond donors (Lipinski definition) is 0. The number of esters is 2. The van der Waals surface area contributed by atoms with Crippen LogP contribution in [-0.2, 0) is 19.1 Å².